The Morgan fingerprint density at radius 2 is 1.35 bits per heavy atom. The Labute approximate surface area is 122 Å². The van der Waals surface area contributed by atoms with E-state index in [4.69, 9.17) is 0 Å². The van der Waals surface area contributed by atoms with Crippen LogP contribution in [0.25, 0.3) is 0 Å². The topological polar surface area (TPSA) is 49.7 Å². The standard InChI is InChI=1S/C17H27NO2/c1-9(2)13-8-14(10(3)4)17(18-20)15(11(5)6)16(13)12(7)19/h8-12,19H,1-7H3. The maximum Gasteiger partial charge on any atom is 0.115 e. The van der Waals surface area contributed by atoms with Gasteiger partial charge in [0.15, 0.2) is 0 Å². The number of nitroso groups, excluding NO2 is 1. The lowest BCUT2D eigenvalue weighted by molar-refractivity contribution is 0.196. The van der Waals surface area contributed by atoms with Crippen molar-refractivity contribution in [3.05, 3.63) is 33.2 Å². The van der Waals surface area contributed by atoms with Gasteiger partial charge < -0.3 is 5.11 Å². The minimum atomic E-state index is -0.591. The fraction of sp³-hybridized carbons (Fsp3) is 0.647. The molecule has 0 saturated heterocycles. The molecule has 1 N–H and O–H groups in total. The van der Waals surface area contributed by atoms with Gasteiger partial charge in [-0.15, -0.1) is 4.91 Å². The predicted molar refractivity (Wildman–Crippen MR) is 84.8 cm³/mol. The minimum Gasteiger partial charge on any atom is -0.389 e. The molecule has 0 bridgehead atoms. The first-order valence-electron chi connectivity index (χ1n) is 7.44. The van der Waals surface area contributed by atoms with Crippen molar-refractivity contribution in [2.75, 3.05) is 0 Å². The lowest BCUT2D eigenvalue weighted by Gasteiger charge is -2.26. The molecule has 1 atom stereocenters. The van der Waals surface area contributed by atoms with Crippen molar-refractivity contribution in [2.24, 2.45) is 5.18 Å². The van der Waals surface area contributed by atoms with Crippen LogP contribution in [0.2, 0.25) is 0 Å². The largest absolute Gasteiger partial charge is 0.389 e. The Bertz CT molecular complexity index is 488. The van der Waals surface area contributed by atoms with E-state index in [-0.39, 0.29) is 11.8 Å². The van der Waals surface area contributed by atoms with Gasteiger partial charge in [0.2, 0.25) is 0 Å². The number of aliphatic hydroxyl groups is 1. The molecule has 1 aromatic rings. The third-order valence-electron chi connectivity index (χ3n) is 3.77. The molecule has 0 aliphatic heterocycles. The van der Waals surface area contributed by atoms with Crippen LogP contribution < -0.4 is 0 Å². The summed E-state index contributed by atoms with van der Waals surface area (Å²) >= 11 is 0. The maximum atomic E-state index is 11.4. The Morgan fingerprint density at radius 1 is 0.850 bits per heavy atom. The number of benzene rings is 1. The number of nitrogens with zero attached hydrogens (tertiary/aromatic N) is 1. The summed E-state index contributed by atoms with van der Waals surface area (Å²) in [5.41, 5.74) is 4.42. The van der Waals surface area contributed by atoms with Crippen LogP contribution in [-0.2, 0) is 0 Å². The molecule has 1 aromatic carbocycles. The minimum absolute atomic E-state index is 0.156. The zero-order chi connectivity index (χ0) is 15.6. The molecule has 1 unspecified atom stereocenters. The smallest absolute Gasteiger partial charge is 0.115 e. The molecule has 3 heteroatoms. The first-order chi connectivity index (χ1) is 9.22. The molecule has 0 saturated carbocycles. The molecule has 0 aliphatic rings. The number of rotatable bonds is 5. The molecule has 0 amide bonds. The van der Waals surface area contributed by atoms with Gasteiger partial charge in [-0.1, -0.05) is 47.6 Å². The van der Waals surface area contributed by atoms with E-state index in [0.29, 0.717) is 11.6 Å². The van der Waals surface area contributed by atoms with E-state index in [1.807, 2.05) is 13.8 Å². The molecule has 1 rings (SSSR count). The maximum absolute atomic E-state index is 11.4. The van der Waals surface area contributed by atoms with E-state index in [1.165, 1.54) is 0 Å². The van der Waals surface area contributed by atoms with E-state index >= 15 is 0 Å². The van der Waals surface area contributed by atoms with Crippen molar-refractivity contribution in [3.8, 4) is 0 Å². The van der Waals surface area contributed by atoms with Gasteiger partial charge >= 0.3 is 0 Å². The summed E-state index contributed by atoms with van der Waals surface area (Å²) in [5.74, 6) is 0.694. The molecule has 3 nitrogen and oxygen atoms in total. The number of hydrogen-bond donors (Lipinski definition) is 1. The van der Waals surface area contributed by atoms with E-state index in [0.717, 1.165) is 22.3 Å². The number of hydrogen-bond acceptors (Lipinski definition) is 3. The van der Waals surface area contributed by atoms with Crippen LogP contribution in [0.15, 0.2) is 11.2 Å². The lowest BCUT2D eigenvalue weighted by Crippen LogP contribution is -2.10. The third kappa shape index (κ3) is 3.09. The Morgan fingerprint density at radius 3 is 1.65 bits per heavy atom. The molecule has 0 fully saturated rings. The summed E-state index contributed by atoms with van der Waals surface area (Å²) in [4.78, 5) is 11.4. The Hall–Kier alpha value is -1.22. The van der Waals surface area contributed by atoms with Gasteiger partial charge in [0.1, 0.15) is 5.69 Å². The molecular formula is C17H27NO2. The average Bonchev–Trinajstić information content (AvgIpc) is 2.35. The summed E-state index contributed by atoms with van der Waals surface area (Å²) in [6, 6.07) is 2.06. The second kappa shape index (κ2) is 6.49. The fourth-order valence-electron chi connectivity index (χ4n) is 2.82. The average molecular weight is 277 g/mol. The molecule has 0 aromatic heterocycles. The molecule has 0 heterocycles. The second-order valence-corrected chi connectivity index (χ2v) is 6.46. The SMILES string of the molecule is CC(C)c1cc(C(C)C)c(C(C)O)c(C(C)C)c1N=O. The zero-order valence-electron chi connectivity index (χ0n) is 13.7. The normalized spacial score (nSPS) is 13.3. The monoisotopic (exact) mass is 277 g/mol. The first-order valence-corrected chi connectivity index (χ1v) is 7.44. The third-order valence-corrected chi connectivity index (χ3v) is 3.77. The summed E-state index contributed by atoms with van der Waals surface area (Å²) in [6.07, 6.45) is -0.591. The van der Waals surface area contributed by atoms with Crippen LogP contribution in [0.3, 0.4) is 0 Å². The summed E-state index contributed by atoms with van der Waals surface area (Å²) in [5, 5.41) is 13.5. The first kappa shape index (κ1) is 16.8. The van der Waals surface area contributed by atoms with Crippen LogP contribution >= 0.6 is 0 Å². The molecule has 0 spiro atoms. The molecule has 112 valence electrons. The van der Waals surface area contributed by atoms with Crippen molar-refractivity contribution in [1.29, 1.82) is 0 Å². The van der Waals surface area contributed by atoms with Crippen LogP contribution in [0, 0.1) is 4.91 Å². The summed E-state index contributed by atoms with van der Waals surface area (Å²) in [6.45, 7) is 14.2. The van der Waals surface area contributed by atoms with Crippen molar-refractivity contribution in [3.63, 3.8) is 0 Å². The fourth-order valence-corrected chi connectivity index (χ4v) is 2.82. The van der Waals surface area contributed by atoms with Crippen LogP contribution in [-0.4, -0.2) is 5.11 Å². The van der Waals surface area contributed by atoms with Crippen LogP contribution in [0.4, 0.5) is 5.69 Å². The quantitative estimate of drug-likeness (QED) is 0.721. The Kier molecular flexibility index (Phi) is 5.46. The summed E-state index contributed by atoms with van der Waals surface area (Å²) < 4.78 is 0. The van der Waals surface area contributed by atoms with E-state index in [1.54, 1.807) is 6.92 Å². The van der Waals surface area contributed by atoms with Crippen molar-refractivity contribution in [1.82, 2.24) is 0 Å². The molecule has 0 radical (unpaired) electrons. The highest BCUT2D eigenvalue weighted by molar-refractivity contribution is 5.62. The van der Waals surface area contributed by atoms with Gasteiger partial charge in [-0.25, -0.2) is 0 Å². The van der Waals surface area contributed by atoms with Gasteiger partial charge in [0, 0.05) is 0 Å². The highest BCUT2D eigenvalue weighted by Crippen LogP contribution is 2.43. The number of aliphatic hydroxyl groups excluding tert-OH is 1. The van der Waals surface area contributed by atoms with E-state index in [2.05, 4.69) is 38.9 Å². The Balaban J connectivity index is 3.85. The highest BCUT2D eigenvalue weighted by atomic mass is 16.3. The lowest BCUT2D eigenvalue weighted by atomic mass is 9.81. The van der Waals surface area contributed by atoms with Gasteiger partial charge in [0.05, 0.1) is 6.10 Å². The predicted octanol–water partition coefficient (Wildman–Crippen LogP) is 5.51. The van der Waals surface area contributed by atoms with Gasteiger partial charge in [-0.2, -0.15) is 0 Å². The molecule has 0 aliphatic carbocycles. The van der Waals surface area contributed by atoms with E-state index < -0.39 is 6.10 Å². The van der Waals surface area contributed by atoms with Crippen LogP contribution in [0.1, 0.15) is 94.6 Å². The van der Waals surface area contributed by atoms with Gasteiger partial charge in [0.25, 0.3) is 0 Å². The summed E-state index contributed by atoms with van der Waals surface area (Å²) in [7, 11) is 0. The van der Waals surface area contributed by atoms with Crippen LogP contribution in [0.5, 0.6) is 0 Å². The van der Waals surface area contributed by atoms with Crippen molar-refractivity contribution in [2.45, 2.75) is 72.3 Å². The van der Waals surface area contributed by atoms with E-state index in [9.17, 15) is 10.0 Å². The molecular weight excluding hydrogens is 250 g/mol. The van der Waals surface area contributed by atoms with Crippen molar-refractivity contribution < 1.29 is 5.11 Å². The van der Waals surface area contributed by atoms with Gasteiger partial charge in [-0.3, -0.25) is 0 Å². The highest BCUT2D eigenvalue weighted by Gasteiger charge is 2.25. The van der Waals surface area contributed by atoms with Gasteiger partial charge in [-0.05, 0) is 52.1 Å². The second-order valence-electron chi connectivity index (χ2n) is 6.46. The zero-order valence-corrected chi connectivity index (χ0v) is 13.7. The molecule has 20 heavy (non-hydrogen) atoms. The van der Waals surface area contributed by atoms with Crippen molar-refractivity contribution >= 4 is 5.69 Å².